The molecule has 23 heavy (non-hydrogen) atoms. The Kier molecular flexibility index (Phi) is 4.84. The second kappa shape index (κ2) is 7.40. The lowest BCUT2D eigenvalue weighted by Gasteiger charge is -2.09. The second-order valence-electron chi connectivity index (χ2n) is 5.32. The molecule has 2 aromatic carbocycles. The van der Waals surface area contributed by atoms with Gasteiger partial charge in [-0.3, -0.25) is 0 Å². The first-order chi connectivity index (χ1) is 11.3. The molecule has 0 fully saturated rings. The lowest BCUT2D eigenvalue weighted by Crippen LogP contribution is -2.02. The zero-order valence-electron chi connectivity index (χ0n) is 13.1. The fourth-order valence-electron chi connectivity index (χ4n) is 2.23. The van der Waals surface area contributed by atoms with Gasteiger partial charge in [0.25, 0.3) is 0 Å². The first kappa shape index (κ1) is 15.0. The van der Waals surface area contributed by atoms with Gasteiger partial charge in [0.05, 0.1) is 0 Å². The molecule has 4 heteroatoms. The van der Waals surface area contributed by atoms with Crippen LogP contribution < -0.4 is 10.1 Å². The summed E-state index contributed by atoms with van der Waals surface area (Å²) >= 11 is 0. The maximum atomic E-state index is 5.85. The molecule has 0 amide bonds. The van der Waals surface area contributed by atoms with Crippen LogP contribution >= 0.6 is 0 Å². The molecule has 3 aromatic rings. The van der Waals surface area contributed by atoms with Crippen molar-refractivity contribution in [3.63, 3.8) is 0 Å². The molecule has 4 nitrogen and oxygen atoms in total. The molecule has 0 radical (unpaired) electrons. The molecule has 0 spiro atoms. The molecule has 116 valence electrons. The number of hydrogen-bond acceptors (Lipinski definition) is 4. The van der Waals surface area contributed by atoms with E-state index in [4.69, 9.17) is 4.74 Å². The molecular weight excluding hydrogens is 286 g/mol. The molecule has 3 rings (SSSR count). The van der Waals surface area contributed by atoms with Crippen LogP contribution in [0.3, 0.4) is 0 Å². The molecule has 1 aromatic heterocycles. The summed E-state index contributed by atoms with van der Waals surface area (Å²) in [6, 6.07) is 20.2. The van der Waals surface area contributed by atoms with Crippen LogP contribution in [-0.2, 0) is 13.2 Å². The van der Waals surface area contributed by atoms with Gasteiger partial charge < -0.3 is 10.1 Å². The van der Waals surface area contributed by atoms with Gasteiger partial charge in [0.2, 0.25) is 0 Å². The van der Waals surface area contributed by atoms with E-state index in [1.54, 1.807) is 6.33 Å². The molecular formula is C19H19N3O. The normalized spacial score (nSPS) is 10.3. The van der Waals surface area contributed by atoms with Crippen LogP contribution in [0.4, 0.5) is 5.82 Å². The van der Waals surface area contributed by atoms with Gasteiger partial charge in [-0.2, -0.15) is 0 Å². The van der Waals surface area contributed by atoms with Gasteiger partial charge >= 0.3 is 0 Å². The van der Waals surface area contributed by atoms with E-state index < -0.39 is 0 Å². The topological polar surface area (TPSA) is 47.0 Å². The van der Waals surface area contributed by atoms with E-state index in [1.807, 2.05) is 49.4 Å². The summed E-state index contributed by atoms with van der Waals surface area (Å²) in [4.78, 5) is 8.29. The minimum Gasteiger partial charge on any atom is -0.489 e. The van der Waals surface area contributed by atoms with Crippen molar-refractivity contribution in [1.82, 2.24) is 9.97 Å². The van der Waals surface area contributed by atoms with Crippen molar-refractivity contribution in [3.05, 3.63) is 83.8 Å². The molecule has 1 heterocycles. The number of ether oxygens (including phenoxy) is 1. The van der Waals surface area contributed by atoms with Gasteiger partial charge in [-0.1, -0.05) is 42.5 Å². The monoisotopic (exact) mass is 305 g/mol. The van der Waals surface area contributed by atoms with E-state index >= 15 is 0 Å². The highest BCUT2D eigenvalue weighted by Gasteiger charge is 2.00. The lowest BCUT2D eigenvalue weighted by molar-refractivity contribution is 0.306. The number of aryl methyl sites for hydroxylation is 1. The Balaban J connectivity index is 1.59. The van der Waals surface area contributed by atoms with E-state index in [2.05, 4.69) is 33.5 Å². The summed E-state index contributed by atoms with van der Waals surface area (Å²) in [5.74, 6) is 1.69. The first-order valence-corrected chi connectivity index (χ1v) is 7.58. The number of rotatable bonds is 6. The van der Waals surface area contributed by atoms with Gasteiger partial charge in [0.1, 0.15) is 24.5 Å². The molecule has 0 atom stereocenters. The number of nitrogens with one attached hydrogen (secondary N) is 1. The number of hydrogen-bond donors (Lipinski definition) is 1. The SMILES string of the molecule is Cc1cc(NCc2cccc(OCc3ccccc3)c2)ncn1. The summed E-state index contributed by atoms with van der Waals surface area (Å²) in [6.07, 6.45) is 1.57. The summed E-state index contributed by atoms with van der Waals surface area (Å²) < 4.78 is 5.85. The van der Waals surface area contributed by atoms with Gasteiger partial charge in [-0.25, -0.2) is 9.97 Å². The van der Waals surface area contributed by atoms with Crippen LogP contribution in [0.15, 0.2) is 67.0 Å². The third-order valence-electron chi connectivity index (χ3n) is 3.42. The molecule has 1 N–H and O–H groups in total. The van der Waals surface area contributed by atoms with E-state index in [1.165, 1.54) is 0 Å². The predicted octanol–water partition coefficient (Wildman–Crippen LogP) is 3.98. The molecule has 0 aliphatic heterocycles. The third-order valence-corrected chi connectivity index (χ3v) is 3.42. The minimum absolute atomic E-state index is 0.572. The van der Waals surface area contributed by atoms with Gasteiger partial charge in [-0.05, 0) is 30.2 Å². The van der Waals surface area contributed by atoms with E-state index in [0.717, 1.165) is 28.4 Å². The smallest absolute Gasteiger partial charge is 0.129 e. The number of anilines is 1. The highest BCUT2D eigenvalue weighted by atomic mass is 16.5. The Hall–Kier alpha value is -2.88. The Bertz CT molecular complexity index is 759. The van der Waals surface area contributed by atoms with Crippen LogP contribution in [0, 0.1) is 6.92 Å². The van der Waals surface area contributed by atoms with Crippen LogP contribution in [0.5, 0.6) is 5.75 Å². The third kappa shape index (κ3) is 4.54. The Morgan fingerprint density at radius 2 is 1.74 bits per heavy atom. The van der Waals surface area contributed by atoms with Crippen LogP contribution in [-0.4, -0.2) is 9.97 Å². The van der Waals surface area contributed by atoms with Crippen molar-refractivity contribution < 1.29 is 4.74 Å². The zero-order chi connectivity index (χ0) is 15.9. The van der Waals surface area contributed by atoms with E-state index in [0.29, 0.717) is 13.2 Å². The van der Waals surface area contributed by atoms with Crippen LogP contribution in [0.25, 0.3) is 0 Å². The summed E-state index contributed by atoms with van der Waals surface area (Å²) in [5, 5.41) is 3.30. The summed E-state index contributed by atoms with van der Waals surface area (Å²) in [6.45, 7) is 3.22. The van der Waals surface area contributed by atoms with Crippen molar-refractivity contribution >= 4 is 5.82 Å². The lowest BCUT2D eigenvalue weighted by atomic mass is 10.2. The molecule has 0 unspecified atom stereocenters. The Labute approximate surface area is 136 Å². The fourth-order valence-corrected chi connectivity index (χ4v) is 2.23. The van der Waals surface area contributed by atoms with Crippen LogP contribution in [0.2, 0.25) is 0 Å². The molecule has 0 aliphatic carbocycles. The average Bonchev–Trinajstić information content (AvgIpc) is 2.60. The molecule has 0 aliphatic rings. The van der Waals surface area contributed by atoms with Crippen molar-refractivity contribution in [2.75, 3.05) is 5.32 Å². The predicted molar refractivity (Wildman–Crippen MR) is 91.3 cm³/mol. The van der Waals surface area contributed by atoms with Crippen molar-refractivity contribution in [1.29, 1.82) is 0 Å². The van der Waals surface area contributed by atoms with Crippen molar-refractivity contribution in [2.45, 2.75) is 20.1 Å². The van der Waals surface area contributed by atoms with Crippen LogP contribution in [0.1, 0.15) is 16.8 Å². The maximum absolute atomic E-state index is 5.85. The highest BCUT2D eigenvalue weighted by Crippen LogP contribution is 2.16. The maximum Gasteiger partial charge on any atom is 0.129 e. The minimum atomic E-state index is 0.572. The standard InChI is InChI=1S/C19H19N3O/c1-15-10-19(22-14-21-15)20-12-17-8-5-9-18(11-17)23-13-16-6-3-2-4-7-16/h2-11,14H,12-13H2,1H3,(H,20,21,22). The highest BCUT2D eigenvalue weighted by molar-refractivity contribution is 5.37. The van der Waals surface area contributed by atoms with E-state index in [9.17, 15) is 0 Å². The van der Waals surface area contributed by atoms with E-state index in [-0.39, 0.29) is 0 Å². The number of aromatic nitrogens is 2. The number of benzene rings is 2. The van der Waals surface area contributed by atoms with Crippen molar-refractivity contribution in [3.8, 4) is 5.75 Å². The summed E-state index contributed by atoms with van der Waals surface area (Å²) in [7, 11) is 0. The first-order valence-electron chi connectivity index (χ1n) is 7.58. The average molecular weight is 305 g/mol. The molecule has 0 saturated heterocycles. The van der Waals surface area contributed by atoms with Crippen molar-refractivity contribution in [2.24, 2.45) is 0 Å². The fraction of sp³-hybridized carbons (Fsp3) is 0.158. The molecule has 0 saturated carbocycles. The number of nitrogens with zero attached hydrogens (tertiary/aromatic N) is 2. The second-order valence-corrected chi connectivity index (χ2v) is 5.32. The zero-order valence-corrected chi connectivity index (χ0v) is 13.1. The van der Waals surface area contributed by atoms with Gasteiger partial charge in [0.15, 0.2) is 0 Å². The van der Waals surface area contributed by atoms with Gasteiger partial charge in [0, 0.05) is 18.3 Å². The summed E-state index contributed by atoms with van der Waals surface area (Å²) in [5.41, 5.74) is 3.25. The Morgan fingerprint density at radius 1 is 0.913 bits per heavy atom. The molecule has 0 bridgehead atoms. The quantitative estimate of drug-likeness (QED) is 0.748. The largest absolute Gasteiger partial charge is 0.489 e. The van der Waals surface area contributed by atoms with Gasteiger partial charge in [-0.15, -0.1) is 0 Å². The Morgan fingerprint density at radius 3 is 2.57 bits per heavy atom.